The van der Waals surface area contributed by atoms with Gasteiger partial charge in [-0.05, 0) is 37.8 Å². The monoisotopic (exact) mass is 315 g/mol. The summed E-state index contributed by atoms with van der Waals surface area (Å²) < 4.78 is 37.9. The third-order valence-electron chi connectivity index (χ3n) is 4.12. The number of carbonyl (C=O) groups is 1. The van der Waals surface area contributed by atoms with Crippen molar-refractivity contribution in [3.05, 3.63) is 29.1 Å². The molecule has 1 saturated heterocycles. The topological polar surface area (TPSA) is 59.2 Å². The van der Waals surface area contributed by atoms with Crippen LogP contribution in [0.25, 0.3) is 0 Å². The number of aryl methyl sites for hydroxylation is 1. The van der Waals surface area contributed by atoms with E-state index in [4.69, 9.17) is 5.73 Å². The van der Waals surface area contributed by atoms with E-state index in [0.29, 0.717) is 19.0 Å². The molecule has 1 aromatic rings. The fraction of sp³-hybridized carbons (Fsp3) is 0.600. The first-order valence-electron chi connectivity index (χ1n) is 7.30. The smallest absolute Gasteiger partial charge is 0.334 e. The Morgan fingerprint density at radius 2 is 2.14 bits per heavy atom. The normalized spacial score (nSPS) is 22.7. The highest BCUT2D eigenvalue weighted by atomic mass is 19.4. The molecule has 7 heteroatoms. The highest BCUT2D eigenvalue weighted by Crippen LogP contribution is 2.29. The van der Waals surface area contributed by atoms with Gasteiger partial charge in [-0.15, -0.1) is 0 Å². The van der Waals surface area contributed by atoms with E-state index >= 15 is 0 Å². The van der Waals surface area contributed by atoms with Crippen LogP contribution < -0.4 is 5.73 Å². The number of hydrogen-bond acceptors (Lipinski definition) is 3. The molecule has 2 heterocycles. The number of aromatic nitrogens is 1. The number of nitrogens with two attached hydrogens (primary N) is 1. The van der Waals surface area contributed by atoms with Crippen molar-refractivity contribution in [3.8, 4) is 0 Å². The van der Waals surface area contributed by atoms with Crippen LogP contribution in [0.2, 0.25) is 0 Å². The lowest BCUT2D eigenvalue weighted by Crippen LogP contribution is -2.49. The molecule has 2 atom stereocenters. The molecule has 0 radical (unpaired) electrons. The fourth-order valence-corrected chi connectivity index (χ4v) is 2.84. The Kier molecular flexibility index (Phi) is 4.75. The summed E-state index contributed by atoms with van der Waals surface area (Å²) in [5.74, 6) is 0.200. The second-order valence-electron chi connectivity index (χ2n) is 5.84. The molecule has 2 unspecified atom stereocenters. The first-order valence-corrected chi connectivity index (χ1v) is 7.30. The van der Waals surface area contributed by atoms with Crippen LogP contribution in [0.1, 0.15) is 41.5 Å². The fourth-order valence-electron chi connectivity index (χ4n) is 2.84. The SMILES string of the molecule is Cc1nc(C(F)(F)F)ccc1C(=O)N1CCC(C)CC1CN. The summed E-state index contributed by atoms with van der Waals surface area (Å²) in [6, 6.07) is 1.99. The highest BCUT2D eigenvalue weighted by molar-refractivity contribution is 5.95. The minimum Gasteiger partial charge on any atom is -0.334 e. The van der Waals surface area contributed by atoms with Crippen molar-refractivity contribution in [1.29, 1.82) is 0 Å². The number of likely N-dealkylation sites (tertiary alicyclic amines) is 1. The Morgan fingerprint density at radius 1 is 1.45 bits per heavy atom. The number of piperidine rings is 1. The maximum atomic E-state index is 12.6. The number of hydrogen-bond donors (Lipinski definition) is 1. The van der Waals surface area contributed by atoms with Crippen molar-refractivity contribution >= 4 is 5.91 Å². The van der Waals surface area contributed by atoms with Crippen LogP contribution in [0.15, 0.2) is 12.1 Å². The number of rotatable bonds is 2. The molecular formula is C15H20F3N3O. The Bertz CT molecular complexity index is 559. The van der Waals surface area contributed by atoms with E-state index in [2.05, 4.69) is 11.9 Å². The van der Waals surface area contributed by atoms with Crippen molar-refractivity contribution in [2.24, 2.45) is 11.7 Å². The average molecular weight is 315 g/mol. The van der Waals surface area contributed by atoms with Crippen molar-refractivity contribution < 1.29 is 18.0 Å². The quantitative estimate of drug-likeness (QED) is 0.912. The summed E-state index contributed by atoms with van der Waals surface area (Å²) in [7, 11) is 0. The van der Waals surface area contributed by atoms with Crippen LogP contribution in [0, 0.1) is 12.8 Å². The number of nitrogens with zero attached hydrogens (tertiary/aromatic N) is 2. The summed E-state index contributed by atoms with van der Waals surface area (Å²) in [5, 5.41) is 0. The van der Waals surface area contributed by atoms with E-state index < -0.39 is 11.9 Å². The molecule has 1 aliphatic rings. The van der Waals surface area contributed by atoms with Gasteiger partial charge in [-0.2, -0.15) is 13.2 Å². The summed E-state index contributed by atoms with van der Waals surface area (Å²) in [6.07, 6.45) is -2.82. The molecule has 1 amide bonds. The zero-order valence-corrected chi connectivity index (χ0v) is 12.7. The molecule has 0 spiro atoms. The molecule has 2 rings (SSSR count). The zero-order valence-electron chi connectivity index (χ0n) is 12.7. The van der Waals surface area contributed by atoms with Gasteiger partial charge < -0.3 is 10.6 Å². The Balaban J connectivity index is 2.26. The van der Waals surface area contributed by atoms with Crippen LogP contribution in [0.3, 0.4) is 0 Å². The molecule has 4 nitrogen and oxygen atoms in total. The molecule has 1 aliphatic heterocycles. The first-order chi connectivity index (χ1) is 10.2. The Hall–Kier alpha value is -1.63. The van der Waals surface area contributed by atoms with Gasteiger partial charge in [0.05, 0.1) is 11.3 Å². The molecular weight excluding hydrogens is 295 g/mol. The van der Waals surface area contributed by atoms with E-state index in [9.17, 15) is 18.0 Å². The standard InChI is InChI=1S/C15H20F3N3O/c1-9-5-6-21(11(7-9)8-19)14(22)12-3-4-13(15(16,17)18)20-10(12)2/h3-4,9,11H,5-8,19H2,1-2H3. The van der Waals surface area contributed by atoms with E-state index in [1.165, 1.54) is 13.0 Å². The molecule has 0 saturated carbocycles. The second kappa shape index (κ2) is 6.24. The molecule has 0 aromatic carbocycles. The number of carbonyl (C=O) groups excluding carboxylic acids is 1. The Morgan fingerprint density at radius 3 is 2.68 bits per heavy atom. The van der Waals surface area contributed by atoms with E-state index in [1.807, 2.05) is 0 Å². The molecule has 1 aromatic heterocycles. The number of pyridine rings is 1. The zero-order chi connectivity index (χ0) is 16.5. The van der Waals surface area contributed by atoms with Gasteiger partial charge >= 0.3 is 6.18 Å². The highest BCUT2D eigenvalue weighted by Gasteiger charge is 2.34. The van der Waals surface area contributed by atoms with Crippen molar-refractivity contribution in [2.45, 2.75) is 38.9 Å². The lowest BCUT2D eigenvalue weighted by Gasteiger charge is -2.38. The van der Waals surface area contributed by atoms with E-state index in [0.717, 1.165) is 18.9 Å². The van der Waals surface area contributed by atoms with Crippen LogP contribution in [-0.4, -0.2) is 34.9 Å². The third kappa shape index (κ3) is 3.40. The third-order valence-corrected chi connectivity index (χ3v) is 4.12. The van der Waals surface area contributed by atoms with Crippen molar-refractivity contribution in [1.82, 2.24) is 9.88 Å². The van der Waals surface area contributed by atoms with Gasteiger partial charge in [-0.3, -0.25) is 4.79 Å². The lowest BCUT2D eigenvalue weighted by molar-refractivity contribution is -0.141. The van der Waals surface area contributed by atoms with Gasteiger partial charge in [-0.25, -0.2) is 4.98 Å². The van der Waals surface area contributed by atoms with Crippen molar-refractivity contribution in [2.75, 3.05) is 13.1 Å². The summed E-state index contributed by atoms with van der Waals surface area (Å²) in [4.78, 5) is 17.8. The maximum absolute atomic E-state index is 12.6. The summed E-state index contributed by atoms with van der Waals surface area (Å²) in [6.45, 7) is 4.45. The second-order valence-corrected chi connectivity index (χ2v) is 5.84. The van der Waals surface area contributed by atoms with Crippen LogP contribution in [-0.2, 0) is 6.18 Å². The minimum absolute atomic E-state index is 0.0713. The van der Waals surface area contributed by atoms with Crippen LogP contribution in [0.5, 0.6) is 0 Å². The predicted molar refractivity (Wildman–Crippen MR) is 76.3 cm³/mol. The van der Waals surface area contributed by atoms with Gasteiger partial charge in [0.15, 0.2) is 0 Å². The number of alkyl halides is 3. The van der Waals surface area contributed by atoms with E-state index in [-0.39, 0.29) is 23.2 Å². The number of halogens is 3. The summed E-state index contributed by atoms with van der Waals surface area (Å²) >= 11 is 0. The van der Waals surface area contributed by atoms with Gasteiger partial charge in [0.25, 0.3) is 5.91 Å². The minimum atomic E-state index is -4.51. The van der Waals surface area contributed by atoms with E-state index in [1.54, 1.807) is 4.90 Å². The van der Waals surface area contributed by atoms with Crippen LogP contribution in [0.4, 0.5) is 13.2 Å². The van der Waals surface area contributed by atoms with Gasteiger partial charge in [0.1, 0.15) is 5.69 Å². The van der Waals surface area contributed by atoms with Gasteiger partial charge in [0, 0.05) is 19.1 Å². The molecule has 2 N–H and O–H groups in total. The van der Waals surface area contributed by atoms with Gasteiger partial charge in [-0.1, -0.05) is 6.92 Å². The average Bonchev–Trinajstić information content (AvgIpc) is 2.45. The summed E-state index contributed by atoms with van der Waals surface area (Å²) in [5.41, 5.74) is 5.05. The Labute approximate surface area is 127 Å². The van der Waals surface area contributed by atoms with Gasteiger partial charge in [0.2, 0.25) is 0 Å². The largest absolute Gasteiger partial charge is 0.433 e. The lowest BCUT2D eigenvalue weighted by atomic mass is 9.91. The molecule has 1 fully saturated rings. The number of amides is 1. The molecule has 122 valence electrons. The van der Waals surface area contributed by atoms with Crippen LogP contribution >= 0.6 is 0 Å². The van der Waals surface area contributed by atoms with Crippen molar-refractivity contribution in [3.63, 3.8) is 0 Å². The molecule has 22 heavy (non-hydrogen) atoms. The molecule has 0 bridgehead atoms. The maximum Gasteiger partial charge on any atom is 0.433 e. The predicted octanol–water partition coefficient (Wildman–Crippen LogP) is 2.61. The molecule has 0 aliphatic carbocycles. The first kappa shape index (κ1) is 16.7.